The fraction of sp³-hybridized carbons (Fsp3) is 0.727. The molecule has 0 aliphatic heterocycles. The monoisotopic (exact) mass is 404 g/mol. The van der Waals surface area contributed by atoms with Gasteiger partial charge in [0.05, 0.1) is 12.3 Å². The minimum atomic E-state index is -3.09. The normalized spacial score (nSPS) is 12.1. The first-order valence-electron chi connectivity index (χ1n) is 5.91. The zero-order chi connectivity index (χ0) is 14.2. The number of hydrogen-bond donors (Lipinski definition) is 2. The van der Waals surface area contributed by atoms with Crippen LogP contribution in [0.25, 0.3) is 0 Å². The molecular formula is C11H25IN4O2S. The van der Waals surface area contributed by atoms with Crippen LogP contribution < -0.4 is 11.1 Å². The molecule has 0 saturated carbocycles. The number of halogens is 1. The summed E-state index contributed by atoms with van der Waals surface area (Å²) in [5.74, 6) is 0.484. The van der Waals surface area contributed by atoms with Crippen LogP contribution >= 0.6 is 24.0 Å². The van der Waals surface area contributed by atoms with Crippen molar-refractivity contribution in [2.75, 3.05) is 32.4 Å². The van der Waals surface area contributed by atoms with Gasteiger partial charge in [-0.15, -0.1) is 24.0 Å². The SMILES string of the molecule is C=C(C)CN=C(N)NCCCN(C)S(=O)(=O)CC.I. The molecule has 0 fully saturated rings. The molecule has 19 heavy (non-hydrogen) atoms. The van der Waals surface area contributed by atoms with E-state index in [0.29, 0.717) is 32.0 Å². The van der Waals surface area contributed by atoms with Gasteiger partial charge in [-0.3, -0.25) is 0 Å². The van der Waals surface area contributed by atoms with Crippen LogP contribution in [0.1, 0.15) is 20.3 Å². The highest BCUT2D eigenvalue weighted by Gasteiger charge is 2.13. The number of nitrogens with one attached hydrogen (secondary N) is 1. The average Bonchev–Trinajstić information content (AvgIpc) is 2.31. The zero-order valence-corrected chi connectivity index (χ0v) is 15.0. The maximum absolute atomic E-state index is 11.5. The predicted molar refractivity (Wildman–Crippen MR) is 91.4 cm³/mol. The highest BCUT2D eigenvalue weighted by atomic mass is 127. The lowest BCUT2D eigenvalue weighted by atomic mass is 10.4. The van der Waals surface area contributed by atoms with Crippen LogP contribution in [-0.4, -0.2) is 51.1 Å². The van der Waals surface area contributed by atoms with E-state index in [4.69, 9.17) is 5.73 Å². The molecule has 0 unspecified atom stereocenters. The molecule has 3 N–H and O–H groups in total. The van der Waals surface area contributed by atoms with E-state index in [-0.39, 0.29) is 29.7 Å². The summed E-state index contributed by atoms with van der Waals surface area (Å²) in [5.41, 5.74) is 6.56. The summed E-state index contributed by atoms with van der Waals surface area (Å²) in [7, 11) is -1.51. The lowest BCUT2D eigenvalue weighted by molar-refractivity contribution is 0.461. The van der Waals surface area contributed by atoms with Gasteiger partial charge in [0.15, 0.2) is 5.96 Å². The third-order valence-electron chi connectivity index (χ3n) is 2.31. The fourth-order valence-electron chi connectivity index (χ4n) is 1.15. The molecular weight excluding hydrogens is 379 g/mol. The molecule has 0 aromatic carbocycles. The van der Waals surface area contributed by atoms with Gasteiger partial charge in [-0.05, 0) is 20.3 Å². The van der Waals surface area contributed by atoms with Crippen molar-refractivity contribution in [1.82, 2.24) is 9.62 Å². The van der Waals surface area contributed by atoms with Crippen LogP contribution in [0.4, 0.5) is 0 Å². The molecule has 114 valence electrons. The Morgan fingerprint density at radius 1 is 1.47 bits per heavy atom. The topological polar surface area (TPSA) is 87.8 Å². The number of hydrogen-bond acceptors (Lipinski definition) is 3. The Hall–Kier alpha value is -0.350. The molecule has 0 saturated heterocycles. The maximum Gasteiger partial charge on any atom is 0.213 e. The van der Waals surface area contributed by atoms with E-state index in [1.165, 1.54) is 4.31 Å². The molecule has 0 aliphatic rings. The van der Waals surface area contributed by atoms with Gasteiger partial charge in [-0.2, -0.15) is 0 Å². The maximum atomic E-state index is 11.5. The first kappa shape index (κ1) is 21.0. The number of nitrogens with zero attached hydrogens (tertiary/aromatic N) is 2. The van der Waals surface area contributed by atoms with Crippen LogP contribution in [0.2, 0.25) is 0 Å². The average molecular weight is 404 g/mol. The van der Waals surface area contributed by atoms with E-state index in [1.54, 1.807) is 14.0 Å². The number of guanidine groups is 1. The van der Waals surface area contributed by atoms with E-state index >= 15 is 0 Å². The molecule has 0 bridgehead atoms. The summed E-state index contributed by atoms with van der Waals surface area (Å²) in [5, 5.41) is 2.93. The summed E-state index contributed by atoms with van der Waals surface area (Å²) in [6.45, 7) is 8.79. The first-order valence-corrected chi connectivity index (χ1v) is 7.52. The van der Waals surface area contributed by atoms with Gasteiger partial charge in [0, 0.05) is 20.1 Å². The van der Waals surface area contributed by atoms with E-state index in [0.717, 1.165) is 5.57 Å². The van der Waals surface area contributed by atoms with Crippen molar-refractivity contribution in [3.8, 4) is 0 Å². The van der Waals surface area contributed by atoms with Gasteiger partial charge in [-0.25, -0.2) is 17.7 Å². The molecule has 6 nitrogen and oxygen atoms in total. The molecule has 0 rings (SSSR count). The Bertz CT molecular complexity index is 395. The molecule has 0 radical (unpaired) electrons. The van der Waals surface area contributed by atoms with Crippen molar-refractivity contribution in [1.29, 1.82) is 0 Å². The minimum absolute atomic E-state index is 0. The van der Waals surface area contributed by atoms with E-state index in [1.807, 2.05) is 6.92 Å². The fourth-order valence-corrected chi connectivity index (χ4v) is 2.00. The quantitative estimate of drug-likeness (QED) is 0.206. The Morgan fingerprint density at radius 2 is 2.05 bits per heavy atom. The zero-order valence-electron chi connectivity index (χ0n) is 11.8. The molecule has 0 atom stereocenters. The number of rotatable bonds is 8. The number of aliphatic imine (C=N–C) groups is 1. The number of sulfonamides is 1. The van der Waals surface area contributed by atoms with Gasteiger partial charge in [0.25, 0.3) is 0 Å². The van der Waals surface area contributed by atoms with Crippen molar-refractivity contribution in [2.45, 2.75) is 20.3 Å². The Balaban J connectivity index is 0. The number of nitrogens with two attached hydrogens (primary N) is 1. The van der Waals surface area contributed by atoms with Crippen LogP contribution in [-0.2, 0) is 10.0 Å². The van der Waals surface area contributed by atoms with Gasteiger partial charge in [-0.1, -0.05) is 12.2 Å². The van der Waals surface area contributed by atoms with Crippen LogP contribution in [0.3, 0.4) is 0 Å². The van der Waals surface area contributed by atoms with Crippen LogP contribution in [0.15, 0.2) is 17.1 Å². The Morgan fingerprint density at radius 3 is 2.53 bits per heavy atom. The summed E-state index contributed by atoms with van der Waals surface area (Å²) in [4.78, 5) is 4.06. The van der Waals surface area contributed by atoms with E-state index < -0.39 is 10.0 Å². The second-order valence-corrected chi connectivity index (χ2v) is 6.53. The standard InChI is InChI=1S/C11H24N4O2S.HI/c1-5-18(16,17)15(4)8-6-7-13-11(12)14-9-10(2)3;/h2,5-9H2,1,3-4H3,(H3,12,13,14);1H. The van der Waals surface area contributed by atoms with Gasteiger partial charge >= 0.3 is 0 Å². The van der Waals surface area contributed by atoms with Gasteiger partial charge < -0.3 is 11.1 Å². The van der Waals surface area contributed by atoms with Crippen molar-refractivity contribution < 1.29 is 8.42 Å². The van der Waals surface area contributed by atoms with Crippen LogP contribution in [0, 0.1) is 0 Å². The summed E-state index contributed by atoms with van der Waals surface area (Å²) >= 11 is 0. The summed E-state index contributed by atoms with van der Waals surface area (Å²) in [6.07, 6.45) is 0.680. The van der Waals surface area contributed by atoms with Crippen LogP contribution in [0.5, 0.6) is 0 Å². The molecule has 0 aromatic heterocycles. The summed E-state index contributed by atoms with van der Waals surface area (Å²) < 4.78 is 24.3. The van der Waals surface area contributed by atoms with E-state index in [2.05, 4.69) is 16.9 Å². The second-order valence-electron chi connectivity index (χ2n) is 4.16. The molecule has 0 heterocycles. The molecule has 0 amide bonds. The van der Waals surface area contributed by atoms with Gasteiger partial charge in [0.2, 0.25) is 10.0 Å². The lowest BCUT2D eigenvalue weighted by Crippen LogP contribution is -2.35. The smallest absolute Gasteiger partial charge is 0.213 e. The highest BCUT2D eigenvalue weighted by molar-refractivity contribution is 14.0. The van der Waals surface area contributed by atoms with Crippen molar-refractivity contribution in [3.63, 3.8) is 0 Å². The molecule has 0 aromatic rings. The minimum Gasteiger partial charge on any atom is -0.370 e. The second kappa shape index (κ2) is 10.4. The largest absolute Gasteiger partial charge is 0.370 e. The third kappa shape index (κ3) is 10.1. The van der Waals surface area contributed by atoms with Crippen molar-refractivity contribution in [2.24, 2.45) is 10.7 Å². The molecule has 8 heteroatoms. The Labute approximate surface area is 133 Å². The Kier molecular flexibility index (Phi) is 11.5. The molecule has 0 spiro atoms. The highest BCUT2D eigenvalue weighted by Crippen LogP contribution is 1.98. The summed E-state index contributed by atoms with van der Waals surface area (Å²) in [6, 6.07) is 0. The third-order valence-corrected chi connectivity index (χ3v) is 4.18. The van der Waals surface area contributed by atoms with Crippen molar-refractivity contribution >= 4 is 40.0 Å². The van der Waals surface area contributed by atoms with Crippen molar-refractivity contribution in [3.05, 3.63) is 12.2 Å². The van der Waals surface area contributed by atoms with E-state index in [9.17, 15) is 8.42 Å². The predicted octanol–water partition coefficient (Wildman–Crippen LogP) is 0.756. The van der Waals surface area contributed by atoms with Gasteiger partial charge in [0.1, 0.15) is 0 Å². The first-order chi connectivity index (χ1) is 8.29. The lowest BCUT2D eigenvalue weighted by Gasteiger charge is -2.15. The molecule has 0 aliphatic carbocycles.